The number of fused-ring (bicyclic) bond motifs is 1. The van der Waals surface area contributed by atoms with Gasteiger partial charge in [-0.1, -0.05) is 36.7 Å². The molecule has 3 aromatic rings. The van der Waals surface area contributed by atoms with Crippen LogP contribution in [0.2, 0.25) is 0 Å². The number of benzene rings is 2. The van der Waals surface area contributed by atoms with Gasteiger partial charge in [-0.25, -0.2) is 9.37 Å². The molecule has 0 bridgehead atoms. The van der Waals surface area contributed by atoms with Gasteiger partial charge in [0.15, 0.2) is 5.16 Å². The van der Waals surface area contributed by atoms with Crippen molar-refractivity contribution in [3.63, 3.8) is 0 Å². The van der Waals surface area contributed by atoms with Crippen LogP contribution in [-0.2, 0) is 17.0 Å². The molecule has 168 valence electrons. The summed E-state index contributed by atoms with van der Waals surface area (Å²) in [7, 11) is 1.58. The maximum atomic E-state index is 13.5. The molecule has 0 aliphatic heterocycles. The predicted octanol–water partition coefficient (Wildman–Crippen LogP) is 4.15. The van der Waals surface area contributed by atoms with E-state index in [1.165, 1.54) is 23.9 Å². The Hall–Kier alpha value is -2.71. The molecule has 1 heterocycles. The molecule has 0 saturated heterocycles. The van der Waals surface area contributed by atoms with E-state index in [0.29, 0.717) is 40.5 Å². The predicted molar refractivity (Wildman–Crippen MR) is 124 cm³/mol. The number of nitrogens with zero attached hydrogens (tertiary/aromatic N) is 2. The Balaban J connectivity index is 1.65. The second-order valence-corrected chi connectivity index (χ2v) is 8.89. The summed E-state index contributed by atoms with van der Waals surface area (Å²) in [5.41, 5.74) is 1.58. The minimum atomic E-state index is -0.302. The summed E-state index contributed by atoms with van der Waals surface area (Å²) in [6.45, 7) is 0.718. The Kier molecular flexibility index (Phi) is 7.22. The number of methoxy groups -OCH3 is 1. The number of amides is 1. The summed E-state index contributed by atoms with van der Waals surface area (Å²) in [6, 6.07) is 11.6. The zero-order valence-corrected chi connectivity index (χ0v) is 18.8. The Morgan fingerprint density at radius 2 is 2.06 bits per heavy atom. The smallest absolute Gasteiger partial charge is 0.262 e. The highest BCUT2D eigenvalue weighted by atomic mass is 32.2. The van der Waals surface area contributed by atoms with E-state index in [-0.39, 0.29) is 23.3 Å². The second-order valence-electron chi connectivity index (χ2n) is 7.95. The van der Waals surface area contributed by atoms with Crippen LogP contribution in [-0.4, -0.2) is 35.2 Å². The molecule has 1 fully saturated rings. The van der Waals surface area contributed by atoms with Gasteiger partial charge < -0.3 is 10.1 Å². The van der Waals surface area contributed by atoms with Gasteiger partial charge in [0.1, 0.15) is 5.82 Å². The lowest BCUT2D eigenvalue weighted by Gasteiger charge is -2.14. The molecule has 1 aromatic heterocycles. The average molecular weight is 456 g/mol. The third-order valence-electron chi connectivity index (χ3n) is 5.65. The molecule has 1 amide bonds. The normalized spacial score (nSPS) is 14.2. The molecule has 0 radical (unpaired) electrons. The van der Waals surface area contributed by atoms with Crippen molar-refractivity contribution in [2.24, 2.45) is 0 Å². The number of thioether (sulfide) groups is 1. The van der Waals surface area contributed by atoms with Gasteiger partial charge in [0.25, 0.3) is 11.5 Å². The number of carbonyl (C=O) groups excluding carboxylic acids is 1. The van der Waals surface area contributed by atoms with Crippen molar-refractivity contribution >= 4 is 28.6 Å². The molecule has 1 aliphatic rings. The van der Waals surface area contributed by atoms with E-state index in [4.69, 9.17) is 9.72 Å². The fourth-order valence-corrected chi connectivity index (χ4v) is 4.91. The Morgan fingerprint density at radius 3 is 2.81 bits per heavy atom. The maximum Gasteiger partial charge on any atom is 0.262 e. The standard InChI is InChI=1S/C24H26FN3O3S/c1-31-12-11-28-23(30)20-10-9-17(22(29)26-19-7-2-3-8-19)14-21(20)27-24(28)32-15-16-5-4-6-18(25)13-16/h4-6,9-10,13-14,19H,2-3,7-8,11-12,15H2,1H3,(H,26,29). The third kappa shape index (κ3) is 5.19. The second kappa shape index (κ2) is 10.3. The summed E-state index contributed by atoms with van der Waals surface area (Å²) < 4.78 is 20.3. The van der Waals surface area contributed by atoms with Crippen molar-refractivity contribution in [2.45, 2.75) is 49.2 Å². The van der Waals surface area contributed by atoms with Gasteiger partial charge in [0, 0.05) is 24.5 Å². The van der Waals surface area contributed by atoms with Gasteiger partial charge in [-0.05, 0) is 48.7 Å². The lowest BCUT2D eigenvalue weighted by molar-refractivity contribution is 0.0938. The molecule has 32 heavy (non-hydrogen) atoms. The molecule has 4 rings (SSSR count). The van der Waals surface area contributed by atoms with E-state index in [1.54, 1.807) is 35.9 Å². The zero-order chi connectivity index (χ0) is 22.5. The zero-order valence-electron chi connectivity index (χ0n) is 18.0. The number of aromatic nitrogens is 2. The Morgan fingerprint density at radius 1 is 1.25 bits per heavy atom. The van der Waals surface area contributed by atoms with Crippen LogP contribution in [0.1, 0.15) is 41.6 Å². The molecule has 1 aliphatic carbocycles. The highest BCUT2D eigenvalue weighted by Gasteiger charge is 2.19. The molecule has 0 atom stereocenters. The molecule has 2 aromatic carbocycles. The minimum Gasteiger partial charge on any atom is -0.383 e. The fourth-order valence-electron chi connectivity index (χ4n) is 3.95. The van der Waals surface area contributed by atoms with Crippen molar-refractivity contribution in [1.29, 1.82) is 0 Å². The first-order chi connectivity index (χ1) is 15.5. The molecule has 0 spiro atoms. The summed E-state index contributed by atoms with van der Waals surface area (Å²) in [5, 5.41) is 4.04. The van der Waals surface area contributed by atoms with E-state index in [0.717, 1.165) is 31.2 Å². The van der Waals surface area contributed by atoms with Crippen molar-refractivity contribution in [1.82, 2.24) is 14.9 Å². The van der Waals surface area contributed by atoms with Gasteiger partial charge in [-0.3, -0.25) is 14.2 Å². The first-order valence-electron chi connectivity index (χ1n) is 10.8. The van der Waals surface area contributed by atoms with Crippen LogP contribution in [0.5, 0.6) is 0 Å². The van der Waals surface area contributed by atoms with E-state index >= 15 is 0 Å². The third-order valence-corrected chi connectivity index (χ3v) is 6.70. The summed E-state index contributed by atoms with van der Waals surface area (Å²) in [5.74, 6) is 0.0206. The van der Waals surface area contributed by atoms with E-state index in [1.807, 2.05) is 6.07 Å². The van der Waals surface area contributed by atoms with Gasteiger partial charge in [0.05, 0.1) is 24.1 Å². The van der Waals surface area contributed by atoms with E-state index in [9.17, 15) is 14.0 Å². The number of hydrogen-bond acceptors (Lipinski definition) is 5. The summed E-state index contributed by atoms with van der Waals surface area (Å²) in [6.07, 6.45) is 4.28. The molecular formula is C24H26FN3O3S. The Labute approximate surface area is 190 Å². The van der Waals surface area contributed by atoms with Crippen LogP contribution < -0.4 is 10.9 Å². The van der Waals surface area contributed by atoms with Crippen molar-refractivity contribution < 1.29 is 13.9 Å². The van der Waals surface area contributed by atoms with Crippen LogP contribution in [0.25, 0.3) is 10.9 Å². The molecule has 1 N–H and O–H groups in total. The first-order valence-corrected chi connectivity index (χ1v) is 11.8. The highest BCUT2D eigenvalue weighted by Crippen LogP contribution is 2.24. The van der Waals surface area contributed by atoms with Gasteiger partial charge in [0.2, 0.25) is 0 Å². The fraction of sp³-hybridized carbons (Fsp3) is 0.375. The lowest BCUT2D eigenvalue weighted by atomic mass is 10.1. The van der Waals surface area contributed by atoms with Crippen LogP contribution in [0.3, 0.4) is 0 Å². The van der Waals surface area contributed by atoms with Crippen LogP contribution in [0.15, 0.2) is 52.4 Å². The monoisotopic (exact) mass is 455 g/mol. The van der Waals surface area contributed by atoms with Crippen LogP contribution in [0, 0.1) is 5.82 Å². The van der Waals surface area contributed by atoms with E-state index < -0.39 is 0 Å². The van der Waals surface area contributed by atoms with Gasteiger partial charge in [-0.15, -0.1) is 0 Å². The highest BCUT2D eigenvalue weighted by molar-refractivity contribution is 7.98. The SMILES string of the molecule is COCCn1c(SCc2cccc(F)c2)nc2cc(C(=O)NC3CCCC3)ccc2c1=O. The van der Waals surface area contributed by atoms with Gasteiger partial charge in [-0.2, -0.15) is 0 Å². The Bertz CT molecular complexity index is 1170. The molecule has 6 nitrogen and oxygen atoms in total. The van der Waals surface area contributed by atoms with Crippen LogP contribution >= 0.6 is 11.8 Å². The number of carbonyl (C=O) groups is 1. The largest absolute Gasteiger partial charge is 0.383 e. The number of ether oxygens (including phenoxy) is 1. The first kappa shape index (κ1) is 22.5. The lowest BCUT2D eigenvalue weighted by Crippen LogP contribution is -2.32. The topological polar surface area (TPSA) is 73.2 Å². The van der Waals surface area contributed by atoms with Gasteiger partial charge >= 0.3 is 0 Å². The quantitative estimate of drug-likeness (QED) is 0.408. The molecule has 0 unspecified atom stereocenters. The van der Waals surface area contributed by atoms with Crippen molar-refractivity contribution in [3.8, 4) is 0 Å². The number of hydrogen-bond donors (Lipinski definition) is 1. The van der Waals surface area contributed by atoms with Crippen LogP contribution in [0.4, 0.5) is 4.39 Å². The van der Waals surface area contributed by atoms with E-state index in [2.05, 4.69) is 5.32 Å². The summed E-state index contributed by atoms with van der Waals surface area (Å²) in [4.78, 5) is 30.6. The number of rotatable bonds is 8. The minimum absolute atomic E-state index is 0.141. The number of nitrogens with one attached hydrogen (secondary N) is 1. The average Bonchev–Trinajstić information content (AvgIpc) is 3.30. The molecule has 8 heteroatoms. The molecular weight excluding hydrogens is 429 g/mol. The number of halogens is 1. The summed E-state index contributed by atoms with van der Waals surface area (Å²) >= 11 is 1.36. The molecule has 1 saturated carbocycles. The van der Waals surface area contributed by atoms with Crippen molar-refractivity contribution in [3.05, 3.63) is 69.8 Å². The maximum absolute atomic E-state index is 13.5. The van der Waals surface area contributed by atoms with Crippen molar-refractivity contribution in [2.75, 3.05) is 13.7 Å².